The molecular weight excluding hydrogens is 192 g/mol. The van der Waals surface area contributed by atoms with E-state index < -0.39 is 5.97 Å². The summed E-state index contributed by atoms with van der Waals surface area (Å²) in [4.78, 5) is 11.0. The number of carboxylic acid groups (broad SMARTS) is 1. The molecule has 0 bridgehead atoms. The van der Waals surface area contributed by atoms with Gasteiger partial charge in [0.25, 0.3) is 0 Å². The summed E-state index contributed by atoms with van der Waals surface area (Å²) in [7, 11) is 1.53. The number of methoxy groups -OCH3 is 1. The van der Waals surface area contributed by atoms with Crippen molar-refractivity contribution in [3.63, 3.8) is 0 Å². The number of benzene rings is 1. The molecule has 80 valence electrons. The Labute approximate surface area is 89.0 Å². The Balaban J connectivity index is 3.33. The van der Waals surface area contributed by atoms with E-state index in [4.69, 9.17) is 9.84 Å². The van der Waals surface area contributed by atoms with Crippen molar-refractivity contribution in [2.45, 2.75) is 13.8 Å². The van der Waals surface area contributed by atoms with Gasteiger partial charge in [-0.1, -0.05) is 17.7 Å². The van der Waals surface area contributed by atoms with Crippen LogP contribution in [0, 0.1) is 6.92 Å². The highest BCUT2D eigenvalue weighted by Gasteiger charge is 2.14. The number of hydrogen-bond acceptors (Lipinski definition) is 2. The van der Waals surface area contributed by atoms with Crippen molar-refractivity contribution in [3.8, 4) is 5.75 Å². The predicted molar refractivity (Wildman–Crippen MR) is 59.0 cm³/mol. The second-order valence-corrected chi connectivity index (χ2v) is 3.21. The van der Waals surface area contributed by atoms with E-state index in [0.29, 0.717) is 11.3 Å². The van der Waals surface area contributed by atoms with Crippen LogP contribution >= 0.6 is 0 Å². The average Bonchev–Trinajstić information content (AvgIpc) is 2.18. The number of ether oxygens (including phenoxy) is 1. The Morgan fingerprint density at radius 2 is 2.13 bits per heavy atom. The highest BCUT2D eigenvalue weighted by Crippen LogP contribution is 2.27. The van der Waals surface area contributed by atoms with Crippen LogP contribution in [-0.4, -0.2) is 18.2 Å². The van der Waals surface area contributed by atoms with Crippen LogP contribution in [-0.2, 0) is 4.79 Å². The number of aliphatic carboxylic acids is 1. The van der Waals surface area contributed by atoms with E-state index in [-0.39, 0.29) is 5.57 Å². The second kappa shape index (κ2) is 4.64. The van der Waals surface area contributed by atoms with Gasteiger partial charge in [-0.2, -0.15) is 0 Å². The molecule has 0 saturated carbocycles. The summed E-state index contributed by atoms with van der Waals surface area (Å²) in [6, 6.07) is 5.47. The van der Waals surface area contributed by atoms with Gasteiger partial charge in [-0.25, -0.2) is 4.79 Å². The molecule has 1 N–H and O–H groups in total. The van der Waals surface area contributed by atoms with Gasteiger partial charge in [0.15, 0.2) is 0 Å². The first kappa shape index (κ1) is 11.3. The van der Waals surface area contributed by atoms with E-state index in [9.17, 15) is 4.79 Å². The highest BCUT2D eigenvalue weighted by molar-refractivity contribution is 6.16. The van der Waals surface area contributed by atoms with Gasteiger partial charge in [0.1, 0.15) is 5.75 Å². The lowest BCUT2D eigenvalue weighted by atomic mass is 10.0. The first-order chi connectivity index (χ1) is 7.10. The fourth-order valence-corrected chi connectivity index (χ4v) is 1.43. The number of hydrogen-bond donors (Lipinski definition) is 1. The lowest BCUT2D eigenvalue weighted by molar-refractivity contribution is -0.130. The van der Waals surface area contributed by atoms with E-state index in [1.807, 2.05) is 19.1 Å². The molecule has 1 aromatic carbocycles. The van der Waals surface area contributed by atoms with Gasteiger partial charge in [-0.05, 0) is 26.0 Å². The number of allylic oxidation sites excluding steroid dienone is 1. The van der Waals surface area contributed by atoms with Crippen molar-refractivity contribution in [2.24, 2.45) is 0 Å². The molecule has 1 aromatic rings. The van der Waals surface area contributed by atoms with Gasteiger partial charge in [-0.15, -0.1) is 0 Å². The molecule has 0 fully saturated rings. The second-order valence-electron chi connectivity index (χ2n) is 3.21. The van der Waals surface area contributed by atoms with Crippen molar-refractivity contribution < 1.29 is 14.6 Å². The van der Waals surface area contributed by atoms with Crippen LogP contribution in [0.5, 0.6) is 5.75 Å². The van der Waals surface area contributed by atoms with Crippen molar-refractivity contribution in [1.82, 2.24) is 0 Å². The molecule has 0 saturated heterocycles. The normalized spacial score (nSPS) is 11.3. The summed E-state index contributed by atoms with van der Waals surface area (Å²) >= 11 is 0. The number of carboxylic acids is 1. The zero-order valence-electron chi connectivity index (χ0n) is 9.07. The Bertz CT molecular complexity index is 405. The Hall–Kier alpha value is -1.77. The smallest absolute Gasteiger partial charge is 0.336 e. The maximum Gasteiger partial charge on any atom is 0.336 e. The third kappa shape index (κ3) is 2.37. The molecule has 0 aliphatic heterocycles. The van der Waals surface area contributed by atoms with Gasteiger partial charge < -0.3 is 9.84 Å². The molecule has 0 aliphatic carbocycles. The van der Waals surface area contributed by atoms with E-state index in [0.717, 1.165) is 5.56 Å². The van der Waals surface area contributed by atoms with Crippen LogP contribution < -0.4 is 4.74 Å². The first-order valence-electron chi connectivity index (χ1n) is 4.64. The molecule has 3 nitrogen and oxygen atoms in total. The molecule has 1 rings (SSSR count). The molecule has 3 heteroatoms. The molecule has 0 radical (unpaired) electrons. The van der Waals surface area contributed by atoms with E-state index in [2.05, 4.69) is 0 Å². The third-order valence-electron chi connectivity index (χ3n) is 2.16. The number of carbonyl (C=O) groups is 1. The molecule has 0 aliphatic rings. The minimum absolute atomic E-state index is 0.260. The topological polar surface area (TPSA) is 46.5 Å². The molecule has 15 heavy (non-hydrogen) atoms. The highest BCUT2D eigenvalue weighted by atomic mass is 16.5. The zero-order chi connectivity index (χ0) is 11.4. The fraction of sp³-hybridized carbons (Fsp3) is 0.250. The molecular formula is C12H14O3. The summed E-state index contributed by atoms with van der Waals surface area (Å²) < 4.78 is 5.13. The van der Waals surface area contributed by atoms with E-state index in [1.165, 1.54) is 7.11 Å². The summed E-state index contributed by atoms with van der Waals surface area (Å²) in [5.41, 5.74) is 1.88. The quantitative estimate of drug-likeness (QED) is 0.773. The molecule has 0 heterocycles. The Kier molecular flexibility index (Phi) is 3.50. The van der Waals surface area contributed by atoms with Crippen LogP contribution in [0.15, 0.2) is 24.3 Å². The fourth-order valence-electron chi connectivity index (χ4n) is 1.43. The van der Waals surface area contributed by atoms with Gasteiger partial charge in [0, 0.05) is 5.56 Å². The SMILES string of the molecule is CC=C(C(=O)O)c1cc(C)ccc1OC. The summed E-state index contributed by atoms with van der Waals surface area (Å²) in [6.45, 7) is 3.61. The van der Waals surface area contributed by atoms with Crippen LogP contribution in [0.3, 0.4) is 0 Å². The summed E-state index contributed by atoms with van der Waals surface area (Å²) in [5.74, 6) is -0.363. The van der Waals surface area contributed by atoms with Crippen molar-refractivity contribution in [1.29, 1.82) is 0 Å². The molecule has 0 unspecified atom stereocenters. The Morgan fingerprint density at radius 1 is 1.47 bits per heavy atom. The lowest BCUT2D eigenvalue weighted by Crippen LogP contribution is -2.02. The van der Waals surface area contributed by atoms with E-state index in [1.54, 1.807) is 19.1 Å². The minimum Gasteiger partial charge on any atom is -0.496 e. The maximum absolute atomic E-state index is 11.0. The standard InChI is InChI=1S/C12H14O3/c1-4-9(12(13)14)10-7-8(2)5-6-11(10)15-3/h4-7H,1-3H3,(H,13,14). The summed E-state index contributed by atoms with van der Waals surface area (Å²) in [6.07, 6.45) is 1.57. The summed E-state index contributed by atoms with van der Waals surface area (Å²) in [5, 5.41) is 9.01. The van der Waals surface area contributed by atoms with Crippen LogP contribution in [0.1, 0.15) is 18.1 Å². The largest absolute Gasteiger partial charge is 0.496 e. The van der Waals surface area contributed by atoms with Crippen molar-refractivity contribution >= 4 is 11.5 Å². The molecule has 0 amide bonds. The van der Waals surface area contributed by atoms with Crippen molar-refractivity contribution in [2.75, 3.05) is 7.11 Å². The average molecular weight is 206 g/mol. The number of rotatable bonds is 3. The van der Waals surface area contributed by atoms with E-state index >= 15 is 0 Å². The number of aryl methyl sites for hydroxylation is 1. The molecule has 0 atom stereocenters. The van der Waals surface area contributed by atoms with Crippen LogP contribution in [0.25, 0.3) is 5.57 Å². The predicted octanol–water partition coefficient (Wildman–Crippen LogP) is 2.49. The first-order valence-corrected chi connectivity index (χ1v) is 4.64. The van der Waals surface area contributed by atoms with Gasteiger partial charge in [0.2, 0.25) is 0 Å². The van der Waals surface area contributed by atoms with Gasteiger partial charge in [0.05, 0.1) is 12.7 Å². The lowest BCUT2D eigenvalue weighted by Gasteiger charge is -2.09. The zero-order valence-corrected chi connectivity index (χ0v) is 9.07. The van der Waals surface area contributed by atoms with Crippen LogP contribution in [0.4, 0.5) is 0 Å². The minimum atomic E-state index is -0.943. The maximum atomic E-state index is 11.0. The van der Waals surface area contributed by atoms with Crippen LogP contribution in [0.2, 0.25) is 0 Å². The molecule has 0 spiro atoms. The monoisotopic (exact) mass is 206 g/mol. The van der Waals surface area contributed by atoms with Crippen molar-refractivity contribution in [3.05, 3.63) is 35.4 Å². The van der Waals surface area contributed by atoms with Gasteiger partial charge in [-0.3, -0.25) is 0 Å². The Morgan fingerprint density at radius 3 is 2.60 bits per heavy atom. The van der Waals surface area contributed by atoms with Gasteiger partial charge >= 0.3 is 5.97 Å². The third-order valence-corrected chi connectivity index (χ3v) is 2.16. The molecule has 0 aromatic heterocycles.